The molecule has 0 saturated carbocycles. The van der Waals surface area contributed by atoms with Crippen molar-refractivity contribution in [2.75, 3.05) is 18.5 Å². The summed E-state index contributed by atoms with van der Waals surface area (Å²) >= 11 is 2.72. The average molecular weight is 488 g/mol. The normalized spacial score (nSPS) is 13.7. The van der Waals surface area contributed by atoms with Crippen molar-refractivity contribution < 1.29 is 23.9 Å². The number of H-pyrrole nitrogens is 1. The zero-order chi connectivity index (χ0) is 23.7. The molecule has 1 amide bonds. The van der Waals surface area contributed by atoms with Crippen molar-refractivity contribution in [3.63, 3.8) is 0 Å². The summed E-state index contributed by atoms with van der Waals surface area (Å²) in [5, 5.41) is 2.67. The molecule has 0 saturated heterocycles. The number of fused-ring (bicyclic) bond motifs is 2. The number of nitrogens with zero attached hydrogens (tertiary/aromatic N) is 1. The summed E-state index contributed by atoms with van der Waals surface area (Å²) in [7, 11) is 0. The number of nitrogens with one attached hydrogen (secondary N) is 2. The molecule has 2 aromatic heterocycles. The first-order valence-electron chi connectivity index (χ1n) is 10.1. The van der Waals surface area contributed by atoms with Crippen molar-refractivity contribution in [3.8, 4) is 5.75 Å². The number of carbonyl (C=O) groups excluding carboxylic acids is 3. The number of aromatic amines is 1. The maximum absolute atomic E-state index is 12.4. The van der Waals surface area contributed by atoms with Gasteiger partial charge in [-0.2, -0.15) is 0 Å². The van der Waals surface area contributed by atoms with Crippen molar-refractivity contribution in [1.29, 1.82) is 0 Å². The van der Waals surface area contributed by atoms with Gasteiger partial charge in [-0.25, -0.2) is 4.98 Å². The molecule has 9 nitrogen and oxygen atoms in total. The standard InChI is InChI=1S/C22H21N3O6S2/c1-10-11(2)33-21-19(10)20(28)24-17(25-21)9-32-12(3)22(29)31-7-15(26)13-4-5-16-14(6-13)23-18(27)8-30-16/h4-6,12H,7-9H2,1-3H3,(H,23,27)(H,24,25,28). The molecule has 3 aromatic rings. The van der Waals surface area contributed by atoms with E-state index in [1.54, 1.807) is 19.1 Å². The van der Waals surface area contributed by atoms with Crippen LogP contribution in [0.2, 0.25) is 0 Å². The number of ketones is 1. The lowest BCUT2D eigenvalue weighted by atomic mass is 10.1. The summed E-state index contributed by atoms with van der Waals surface area (Å²) in [5.41, 5.74) is 1.44. The number of aromatic nitrogens is 2. The van der Waals surface area contributed by atoms with Crippen LogP contribution in [0, 0.1) is 13.8 Å². The highest BCUT2D eigenvalue weighted by Gasteiger charge is 2.21. The third-order valence-corrected chi connectivity index (χ3v) is 7.40. The zero-order valence-electron chi connectivity index (χ0n) is 18.1. The number of hydrogen-bond acceptors (Lipinski definition) is 9. The van der Waals surface area contributed by atoms with E-state index in [1.165, 1.54) is 29.2 Å². The summed E-state index contributed by atoms with van der Waals surface area (Å²) in [6.07, 6.45) is 0. The first-order valence-corrected chi connectivity index (χ1v) is 12.0. The van der Waals surface area contributed by atoms with Gasteiger partial charge in [0, 0.05) is 10.4 Å². The molecule has 0 radical (unpaired) electrons. The second-order valence-electron chi connectivity index (χ2n) is 7.51. The van der Waals surface area contributed by atoms with Gasteiger partial charge in [-0.3, -0.25) is 19.2 Å². The zero-order valence-corrected chi connectivity index (χ0v) is 19.8. The molecule has 0 bridgehead atoms. The van der Waals surface area contributed by atoms with Gasteiger partial charge in [0.2, 0.25) is 0 Å². The molecule has 0 aliphatic carbocycles. The van der Waals surface area contributed by atoms with Crippen molar-refractivity contribution >= 4 is 56.7 Å². The molecule has 33 heavy (non-hydrogen) atoms. The third kappa shape index (κ3) is 4.93. The Balaban J connectivity index is 1.32. The topological polar surface area (TPSA) is 127 Å². The maximum atomic E-state index is 12.4. The molecule has 1 aliphatic rings. The molecule has 0 spiro atoms. The van der Waals surface area contributed by atoms with Gasteiger partial charge in [0.05, 0.1) is 16.8 Å². The van der Waals surface area contributed by atoms with Crippen LogP contribution < -0.4 is 15.6 Å². The van der Waals surface area contributed by atoms with Gasteiger partial charge in [-0.05, 0) is 44.5 Å². The number of thioether (sulfide) groups is 1. The van der Waals surface area contributed by atoms with E-state index in [9.17, 15) is 19.2 Å². The number of ether oxygens (including phenoxy) is 2. The third-order valence-electron chi connectivity index (χ3n) is 5.17. The van der Waals surface area contributed by atoms with Gasteiger partial charge in [-0.1, -0.05) is 0 Å². The number of rotatable bonds is 7. The predicted molar refractivity (Wildman–Crippen MR) is 126 cm³/mol. The number of anilines is 1. The largest absolute Gasteiger partial charge is 0.482 e. The molecule has 1 atom stereocenters. The minimum Gasteiger partial charge on any atom is -0.482 e. The smallest absolute Gasteiger partial charge is 0.319 e. The molecular formula is C22H21N3O6S2. The van der Waals surface area contributed by atoms with Gasteiger partial charge in [0.25, 0.3) is 11.5 Å². The van der Waals surface area contributed by atoms with E-state index < -0.39 is 23.6 Å². The number of aryl methyl sites for hydroxylation is 2. The number of Topliss-reactive ketones (excluding diaryl/α,β-unsaturated/α-hetero) is 1. The molecule has 2 N–H and O–H groups in total. The summed E-state index contributed by atoms with van der Waals surface area (Å²) in [4.78, 5) is 57.6. The molecule has 11 heteroatoms. The fraction of sp³-hybridized carbons (Fsp3) is 0.318. The number of thiophene rings is 1. The van der Waals surface area contributed by atoms with Gasteiger partial charge in [0.15, 0.2) is 19.0 Å². The Hall–Kier alpha value is -3.18. The van der Waals surface area contributed by atoms with Gasteiger partial charge in [-0.15, -0.1) is 23.1 Å². The molecule has 4 rings (SSSR count). The molecule has 1 aromatic carbocycles. The molecule has 1 unspecified atom stereocenters. The summed E-state index contributed by atoms with van der Waals surface area (Å²) in [6, 6.07) is 4.63. The minimum atomic E-state index is -0.568. The Morgan fingerprint density at radius 1 is 1.30 bits per heavy atom. The first-order chi connectivity index (χ1) is 15.7. The van der Waals surface area contributed by atoms with Crippen molar-refractivity contribution in [2.24, 2.45) is 0 Å². The van der Waals surface area contributed by atoms with Crippen LogP contribution in [-0.4, -0.2) is 46.1 Å². The van der Waals surface area contributed by atoms with Crippen LogP contribution in [0.15, 0.2) is 23.0 Å². The van der Waals surface area contributed by atoms with Gasteiger partial charge in [0.1, 0.15) is 21.7 Å². The molecule has 3 heterocycles. The lowest BCUT2D eigenvalue weighted by Crippen LogP contribution is -2.26. The van der Waals surface area contributed by atoms with E-state index >= 15 is 0 Å². The highest BCUT2D eigenvalue weighted by molar-refractivity contribution is 7.99. The fourth-order valence-electron chi connectivity index (χ4n) is 3.23. The lowest BCUT2D eigenvalue weighted by Gasteiger charge is -2.18. The van der Waals surface area contributed by atoms with Crippen molar-refractivity contribution in [3.05, 3.63) is 50.4 Å². The van der Waals surface area contributed by atoms with E-state index in [4.69, 9.17) is 9.47 Å². The van der Waals surface area contributed by atoms with E-state index in [-0.39, 0.29) is 18.1 Å². The van der Waals surface area contributed by atoms with Crippen LogP contribution >= 0.6 is 23.1 Å². The van der Waals surface area contributed by atoms with Crippen molar-refractivity contribution in [1.82, 2.24) is 9.97 Å². The molecule has 0 fully saturated rings. The molecule has 1 aliphatic heterocycles. The Kier molecular flexibility index (Phi) is 6.52. The Labute approximate surface area is 196 Å². The quantitative estimate of drug-likeness (QED) is 0.385. The maximum Gasteiger partial charge on any atom is 0.319 e. The van der Waals surface area contributed by atoms with Crippen LogP contribution in [0.4, 0.5) is 5.69 Å². The number of hydrogen-bond donors (Lipinski definition) is 2. The Morgan fingerprint density at radius 2 is 2.09 bits per heavy atom. The van der Waals surface area contributed by atoms with E-state index in [1.807, 2.05) is 13.8 Å². The minimum absolute atomic E-state index is 0.0721. The van der Waals surface area contributed by atoms with E-state index in [2.05, 4.69) is 15.3 Å². The van der Waals surface area contributed by atoms with Crippen molar-refractivity contribution in [2.45, 2.75) is 31.8 Å². The summed E-state index contributed by atoms with van der Waals surface area (Å²) in [6.45, 7) is 5.01. The SMILES string of the molecule is Cc1sc2nc(CSC(C)C(=O)OCC(=O)c3ccc4c(c3)NC(=O)CO4)[nH]c(=O)c2c1C. The second kappa shape index (κ2) is 9.36. The number of carbonyl (C=O) groups is 3. The molecular weight excluding hydrogens is 466 g/mol. The average Bonchev–Trinajstić information content (AvgIpc) is 3.08. The van der Waals surface area contributed by atoms with E-state index in [0.717, 1.165) is 10.4 Å². The van der Waals surface area contributed by atoms with Crippen LogP contribution in [0.1, 0.15) is 33.5 Å². The Morgan fingerprint density at radius 3 is 2.88 bits per heavy atom. The summed E-state index contributed by atoms with van der Waals surface area (Å²) < 4.78 is 10.4. The number of amides is 1. The lowest BCUT2D eigenvalue weighted by molar-refractivity contribution is -0.141. The highest BCUT2D eigenvalue weighted by atomic mass is 32.2. The second-order valence-corrected chi connectivity index (χ2v) is 10.0. The number of benzene rings is 1. The summed E-state index contributed by atoms with van der Waals surface area (Å²) in [5.74, 6) is 0.0234. The highest BCUT2D eigenvalue weighted by Crippen LogP contribution is 2.29. The predicted octanol–water partition coefficient (Wildman–Crippen LogP) is 2.98. The first kappa shape index (κ1) is 23.0. The van der Waals surface area contributed by atoms with Crippen LogP contribution in [0.5, 0.6) is 5.75 Å². The Bertz CT molecular complexity index is 1330. The number of esters is 1. The van der Waals surface area contributed by atoms with E-state index in [0.29, 0.717) is 38.8 Å². The molecule has 172 valence electrons. The fourth-order valence-corrected chi connectivity index (χ4v) is 5.03. The monoisotopic (exact) mass is 487 g/mol. The van der Waals surface area contributed by atoms with Gasteiger partial charge >= 0.3 is 5.97 Å². The van der Waals surface area contributed by atoms with Crippen LogP contribution in [0.3, 0.4) is 0 Å². The van der Waals surface area contributed by atoms with Gasteiger partial charge < -0.3 is 19.8 Å². The van der Waals surface area contributed by atoms with Crippen LogP contribution in [-0.2, 0) is 20.1 Å². The van der Waals surface area contributed by atoms with Crippen LogP contribution in [0.25, 0.3) is 10.2 Å².